The Labute approximate surface area is 152 Å². The van der Waals surface area contributed by atoms with Crippen molar-refractivity contribution in [3.05, 3.63) is 29.3 Å². The van der Waals surface area contributed by atoms with E-state index >= 15 is 0 Å². The second kappa shape index (κ2) is 7.46. The molecule has 2 aliphatic heterocycles. The SMILES string of the molecule is C[C@H]1CC[C@H](c2ccc(C=NC3CN(C)CC(C)(C)C3)c(N)c2)NC1. The van der Waals surface area contributed by atoms with E-state index in [-0.39, 0.29) is 0 Å². The highest BCUT2D eigenvalue weighted by molar-refractivity contribution is 5.87. The third-order valence-electron chi connectivity index (χ3n) is 5.61. The molecule has 0 saturated carbocycles. The summed E-state index contributed by atoms with van der Waals surface area (Å²) in [5.74, 6) is 0.776. The standard InChI is InChI=1S/C21H34N4/c1-15-5-8-20(24-11-15)16-6-7-17(19(22)9-16)12-23-18-10-21(2,3)14-25(4)13-18/h6-7,9,12,15,18,20,24H,5,8,10-11,13-14,22H2,1-4H3/t15-,18?,20+/m0/s1. The lowest BCUT2D eigenvalue weighted by Crippen LogP contribution is -2.44. The summed E-state index contributed by atoms with van der Waals surface area (Å²) in [6.07, 6.45) is 5.59. The molecule has 0 bridgehead atoms. The van der Waals surface area contributed by atoms with Crippen molar-refractivity contribution in [2.45, 2.75) is 52.1 Å². The Kier molecular flexibility index (Phi) is 5.49. The van der Waals surface area contributed by atoms with Crippen LogP contribution in [0.3, 0.4) is 0 Å². The molecule has 1 aromatic carbocycles. The number of benzene rings is 1. The van der Waals surface area contributed by atoms with Gasteiger partial charge in [-0.05, 0) is 55.8 Å². The predicted molar refractivity (Wildman–Crippen MR) is 107 cm³/mol. The van der Waals surface area contributed by atoms with E-state index in [2.05, 4.69) is 56.2 Å². The first-order valence-corrected chi connectivity index (χ1v) is 9.67. The van der Waals surface area contributed by atoms with Gasteiger partial charge in [0.1, 0.15) is 0 Å². The maximum absolute atomic E-state index is 6.32. The van der Waals surface area contributed by atoms with Gasteiger partial charge in [0.05, 0.1) is 6.04 Å². The van der Waals surface area contributed by atoms with E-state index in [0.717, 1.165) is 43.2 Å². The maximum atomic E-state index is 6.32. The highest BCUT2D eigenvalue weighted by atomic mass is 15.1. The Balaban J connectivity index is 1.67. The molecule has 4 heteroatoms. The van der Waals surface area contributed by atoms with Crippen LogP contribution >= 0.6 is 0 Å². The minimum atomic E-state index is 0.328. The number of piperidine rings is 2. The third kappa shape index (κ3) is 4.83. The van der Waals surface area contributed by atoms with Crippen LogP contribution < -0.4 is 11.1 Å². The zero-order chi connectivity index (χ0) is 18.0. The van der Waals surface area contributed by atoms with Gasteiger partial charge in [0.15, 0.2) is 0 Å². The molecule has 2 fully saturated rings. The molecule has 3 N–H and O–H groups in total. The summed E-state index contributed by atoms with van der Waals surface area (Å²) in [7, 11) is 2.19. The molecule has 2 heterocycles. The molecule has 1 unspecified atom stereocenters. The van der Waals surface area contributed by atoms with Crippen molar-refractivity contribution in [3.63, 3.8) is 0 Å². The van der Waals surface area contributed by atoms with Gasteiger partial charge in [-0.15, -0.1) is 0 Å². The predicted octanol–water partition coefficient (Wildman–Crippen LogP) is 3.48. The number of nitrogens with two attached hydrogens (primary N) is 1. The Morgan fingerprint density at radius 1 is 1.32 bits per heavy atom. The number of aliphatic imine (C=N–C) groups is 1. The average Bonchev–Trinajstić information content (AvgIpc) is 2.52. The fourth-order valence-electron chi connectivity index (χ4n) is 4.42. The van der Waals surface area contributed by atoms with Crippen molar-refractivity contribution in [1.82, 2.24) is 10.2 Å². The van der Waals surface area contributed by atoms with E-state index in [1.54, 1.807) is 0 Å². The van der Waals surface area contributed by atoms with Crippen molar-refractivity contribution in [3.8, 4) is 0 Å². The lowest BCUT2D eigenvalue weighted by Gasteiger charge is -2.39. The molecular weight excluding hydrogens is 308 g/mol. The molecule has 25 heavy (non-hydrogen) atoms. The highest BCUT2D eigenvalue weighted by Crippen LogP contribution is 2.30. The molecule has 3 atom stereocenters. The third-order valence-corrected chi connectivity index (χ3v) is 5.61. The highest BCUT2D eigenvalue weighted by Gasteiger charge is 2.30. The van der Waals surface area contributed by atoms with Gasteiger partial charge in [-0.2, -0.15) is 0 Å². The number of likely N-dealkylation sites (N-methyl/N-ethyl adjacent to an activating group) is 1. The number of nitrogens with one attached hydrogen (secondary N) is 1. The fraction of sp³-hybridized carbons (Fsp3) is 0.667. The summed E-state index contributed by atoms with van der Waals surface area (Å²) in [4.78, 5) is 7.23. The quantitative estimate of drug-likeness (QED) is 0.653. The topological polar surface area (TPSA) is 53.6 Å². The van der Waals surface area contributed by atoms with Crippen LogP contribution in [-0.2, 0) is 0 Å². The fourth-order valence-corrected chi connectivity index (χ4v) is 4.42. The molecule has 4 nitrogen and oxygen atoms in total. The summed E-state index contributed by atoms with van der Waals surface area (Å²) in [5.41, 5.74) is 9.83. The number of nitrogen functional groups attached to an aromatic ring is 1. The van der Waals surface area contributed by atoms with E-state index in [0.29, 0.717) is 17.5 Å². The molecule has 138 valence electrons. The zero-order valence-electron chi connectivity index (χ0n) is 16.3. The maximum Gasteiger partial charge on any atom is 0.0632 e. The molecule has 0 aliphatic carbocycles. The lowest BCUT2D eigenvalue weighted by molar-refractivity contribution is 0.126. The van der Waals surface area contributed by atoms with Gasteiger partial charge in [-0.25, -0.2) is 0 Å². The minimum absolute atomic E-state index is 0.328. The van der Waals surface area contributed by atoms with Gasteiger partial charge in [0.25, 0.3) is 0 Å². The average molecular weight is 343 g/mol. The monoisotopic (exact) mass is 342 g/mol. The van der Waals surface area contributed by atoms with E-state index in [1.807, 2.05) is 6.21 Å². The molecule has 0 amide bonds. The molecule has 2 aliphatic rings. The van der Waals surface area contributed by atoms with Gasteiger partial charge in [-0.1, -0.05) is 32.9 Å². The van der Waals surface area contributed by atoms with Crippen LogP contribution in [0.5, 0.6) is 0 Å². The van der Waals surface area contributed by atoms with Crippen LogP contribution in [0.4, 0.5) is 5.69 Å². The number of rotatable bonds is 3. The summed E-state index contributed by atoms with van der Waals surface area (Å²) in [6, 6.07) is 7.27. The van der Waals surface area contributed by atoms with E-state index in [1.165, 1.54) is 18.4 Å². The Morgan fingerprint density at radius 2 is 2.12 bits per heavy atom. The normalized spacial score (nSPS) is 30.6. The second-order valence-corrected chi connectivity index (χ2v) is 9.03. The summed E-state index contributed by atoms with van der Waals surface area (Å²) >= 11 is 0. The van der Waals surface area contributed by atoms with Crippen LogP contribution in [0.2, 0.25) is 0 Å². The van der Waals surface area contributed by atoms with Gasteiger partial charge in [0, 0.05) is 36.6 Å². The first kappa shape index (κ1) is 18.4. The van der Waals surface area contributed by atoms with Gasteiger partial charge < -0.3 is 16.0 Å². The summed E-state index contributed by atoms with van der Waals surface area (Å²) < 4.78 is 0. The Bertz CT molecular complexity index is 614. The molecule has 2 saturated heterocycles. The molecule has 1 aromatic rings. The van der Waals surface area contributed by atoms with Crippen molar-refractivity contribution < 1.29 is 0 Å². The van der Waals surface area contributed by atoms with Crippen molar-refractivity contribution in [2.75, 3.05) is 32.4 Å². The number of likely N-dealkylation sites (tertiary alicyclic amines) is 1. The van der Waals surface area contributed by atoms with E-state index in [9.17, 15) is 0 Å². The molecule has 0 spiro atoms. The van der Waals surface area contributed by atoms with Crippen LogP contribution in [0, 0.1) is 11.3 Å². The second-order valence-electron chi connectivity index (χ2n) is 9.03. The first-order chi connectivity index (χ1) is 11.8. The van der Waals surface area contributed by atoms with Crippen LogP contribution in [0.25, 0.3) is 0 Å². The van der Waals surface area contributed by atoms with E-state index < -0.39 is 0 Å². The number of hydrogen-bond donors (Lipinski definition) is 2. The Morgan fingerprint density at radius 3 is 2.76 bits per heavy atom. The summed E-state index contributed by atoms with van der Waals surface area (Å²) in [6.45, 7) is 10.2. The van der Waals surface area contributed by atoms with Gasteiger partial charge >= 0.3 is 0 Å². The lowest BCUT2D eigenvalue weighted by atomic mass is 9.82. The van der Waals surface area contributed by atoms with Crippen LogP contribution in [0.1, 0.15) is 57.2 Å². The Hall–Kier alpha value is -1.39. The van der Waals surface area contributed by atoms with Crippen molar-refractivity contribution in [1.29, 1.82) is 0 Å². The number of nitrogens with zero attached hydrogens (tertiary/aromatic N) is 2. The molecule has 0 aromatic heterocycles. The van der Waals surface area contributed by atoms with Crippen LogP contribution in [-0.4, -0.2) is 43.8 Å². The minimum Gasteiger partial charge on any atom is -0.398 e. The number of anilines is 1. The van der Waals surface area contributed by atoms with Crippen molar-refractivity contribution >= 4 is 11.9 Å². The molecule has 0 radical (unpaired) electrons. The van der Waals surface area contributed by atoms with E-state index in [4.69, 9.17) is 10.7 Å². The van der Waals surface area contributed by atoms with Gasteiger partial charge in [-0.3, -0.25) is 4.99 Å². The molecule has 3 rings (SSSR count). The molecular formula is C21H34N4. The largest absolute Gasteiger partial charge is 0.398 e. The van der Waals surface area contributed by atoms with Gasteiger partial charge in [0.2, 0.25) is 0 Å². The van der Waals surface area contributed by atoms with Crippen LogP contribution in [0.15, 0.2) is 23.2 Å². The smallest absolute Gasteiger partial charge is 0.0632 e. The first-order valence-electron chi connectivity index (χ1n) is 9.67. The number of hydrogen-bond acceptors (Lipinski definition) is 4. The van der Waals surface area contributed by atoms with Crippen molar-refractivity contribution in [2.24, 2.45) is 16.3 Å². The zero-order valence-corrected chi connectivity index (χ0v) is 16.3. The summed E-state index contributed by atoms with van der Waals surface area (Å²) in [5, 5.41) is 3.63.